The van der Waals surface area contributed by atoms with E-state index in [9.17, 15) is 10.1 Å². The lowest BCUT2D eigenvalue weighted by molar-refractivity contribution is -0.384. The van der Waals surface area contributed by atoms with Crippen LogP contribution in [0.2, 0.25) is 0 Å². The highest BCUT2D eigenvalue weighted by atomic mass is 16.6. The second-order valence-electron chi connectivity index (χ2n) is 6.13. The monoisotopic (exact) mass is 331 g/mol. The Balaban J connectivity index is 1.93. The molecule has 7 heteroatoms. The van der Waals surface area contributed by atoms with Gasteiger partial charge in [0.25, 0.3) is 5.69 Å². The normalized spacial score (nSPS) is 12.4. The first-order valence-corrected chi connectivity index (χ1v) is 7.92. The molecule has 2 aromatic carbocycles. The molecule has 0 bridgehead atoms. The third kappa shape index (κ3) is 1.86. The minimum Gasteiger partial charge on any atom is -0.333 e. The van der Waals surface area contributed by atoms with Crippen LogP contribution in [0.4, 0.5) is 5.69 Å². The lowest BCUT2D eigenvalue weighted by atomic mass is 10.1. The average Bonchev–Trinajstić information content (AvgIpc) is 3.12. The van der Waals surface area contributed by atoms with Crippen molar-refractivity contribution in [2.45, 2.75) is 13.5 Å². The second-order valence-corrected chi connectivity index (χ2v) is 6.13. The summed E-state index contributed by atoms with van der Waals surface area (Å²) < 4.78 is 4.12. The van der Waals surface area contributed by atoms with Crippen molar-refractivity contribution in [2.24, 2.45) is 0 Å². The Kier molecular flexibility index (Phi) is 2.65. The summed E-state index contributed by atoms with van der Waals surface area (Å²) in [5.74, 6) is 1.58. The lowest BCUT2D eigenvalue weighted by Crippen LogP contribution is -2.05. The molecule has 1 aliphatic heterocycles. The molecule has 122 valence electrons. The molecule has 0 fully saturated rings. The highest BCUT2D eigenvalue weighted by Gasteiger charge is 2.25. The van der Waals surface area contributed by atoms with Gasteiger partial charge in [-0.15, -0.1) is 10.2 Å². The van der Waals surface area contributed by atoms with Crippen molar-refractivity contribution in [3.8, 4) is 16.9 Å². The maximum absolute atomic E-state index is 11.3. The summed E-state index contributed by atoms with van der Waals surface area (Å²) in [6.45, 7) is 2.45. The third-order valence-corrected chi connectivity index (χ3v) is 4.71. The summed E-state index contributed by atoms with van der Waals surface area (Å²) in [7, 11) is 0. The number of nitrogens with zero attached hydrogens (tertiary/aromatic N) is 5. The molecule has 0 amide bonds. The van der Waals surface area contributed by atoms with E-state index >= 15 is 0 Å². The molecule has 4 aromatic rings. The Bertz CT molecular complexity index is 1170. The van der Waals surface area contributed by atoms with Gasteiger partial charge >= 0.3 is 0 Å². The maximum atomic E-state index is 11.3. The van der Waals surface area contributed by atoms with E-state index in [0.717, 1.165) is 39.5 Å². The van der Waals surface area contributed by atoms with Gasteiger partial charge in [-0.25, -0.2) is 0 Å². The average molecular weight is 331 g/mol. The van der Waals surface area contributed by atoms with Gasteiger partial charge in [-0.05, 0) is 25.1 Å². The van der Waals surface area contributed by atoms with E-state index in [1.807, 2.05) is 29.7 Å². The zero-order valence-corrected chi connectivity index (χ0v) is 13.4. The quantitative estimate of drug-likeness (QED) is 0.348. The molecular formula is C18H13N5O2. The van der Waals surface area contributed by atoms with Crippen molar-refractivity contribution in [3.05, 3.63) is 70.3 Å². The molecule has 1 aliphatic rings. The van der Waals surface area contributed by atoms with E-state index in [1.165, 1.54) is 6.07 Å². The maximum Gasteiger partial charge on any atom is 0.270 e. The van der Waals surface area contributed by atoms with Crippen LogP contribution in [-0.2, 0) is 6.54 Å². The molecule has 0 radical (unpaired) electrons. The Morgan fingerprint density at radius 2 is 1.96 bits per heavy atom. The van der Waals surface area contributed by atoms with Crippen LogP contribution < -0.4 is 0 Å². The van der Waals surface area contributed by atoms with Crippen LogP contribution in [0.3, 0.4) is 0 Å². The van der Waals surface area contributed by atoms with Gasteiger partial charge in [-0.1, -0.05) is 18.2 Å². The molecule has 0 atom stereocenters. The number of rotatable bonds is 1. The number of hydrogen-bond acceptors (Lipinski definition) is 4. The first-order chi connectivity index (χ1) is 12.1. The smallest absolute Gasteiger partial charge is 0.270 e. The van der Waals surface area contributed by atoms with Crippen LogP contribution in [0.5, 0.6) is 0 Å². The molecule has 5 rings (SSSR count). The number of non-ortho nitro benzene ring substituents is 1. The Morgan fingerprint density at radius 3 is 2.80 bits per heavy atom. The summed E-state index contributed by atoms with van der Waals surface area (Å²) in [6.07, 6.45) is 0. The van der Waals surface area contributed by atoms with E-state index in [-0.39, 0.29) is 10.6 Å². The molecule has 3 heterocycles. The zero-order valence-electron chi connectivity index (χ0n) is 13.4. The van der Waals surface area contributed by atoms with Crippen LogP contribution in [0.25, 0.3) is 27.8 Å². The second kappa shape index (κ2) is 4.76. The first-order valence-electron chi connectivity index (χ1n) is 7.92. The molecular weight excluding hydrogens is 318 g/mol. The van der Waals surface area contributed by atoms with E-state index in [1.54, 1.807) is 12.1 Å². The van der Waals surface area contributed by atoms with Crippen LogP contribution >= 0.6 is 0 Å². The lowest BCUT2D eigenvalue weighted by Gasteiger charge is -2.09. The number of para-hydroxylation sites is 1. The Hall–Kier alpha value is -3.48. The molecule has 0 unspecified atom stereocenters. The summed E-state index contributed by atoms with van der Waals surface area (Å²) in [6, 6.07) is 15.1. The standard InChI is InChI=1S/C18H13N5O2/c1-11-19-20-18-10-21-15-5-3-2-4-12(15)8-17(21)14-9-13(23(24)25)6-7-16(14)22(11)18/h2-9H,10H2,1H3. The number of benzene rings is 2. The van der Waals surface area contributed by atoms with Gasteiger partial charge in [0.05, 0.1) is 22.8 Å². The molecule has 25 heavy (non-hydrogen) atoms. The zero-order chi connectivity index (χ0) is 17.1. The SMILES string of the molecule is Cc1nnc2n1-c1ccc([N+](=O)[O-])cc1-c1cc3ccccc3n1C2. The Morgan fingerprint density at radius 1 is 1.12 bits per heavy atom. The van der Waals surface area contributed by atoms with Gasteiger partial charge in [-0.3, -0.25) is 14.7 Å². The minimum atomic E-state index is -0.363. The number of aryl methyl sites for hydroxylation is 1. The third-order valence-electron chi connectivity index (χ3n) is 4.71. The van der Waals surface area contributed by atoms with E-state index in [0.29, 0.717) is 6.54 Å². The molecule has 0 saturated heterocycles. The molecule has 2 aromatic heterocycles. The number of aromatic nitrogens is 4. The van der Waals surface area contributed by atoms with Crippen molar-refractivity contribution in [1.29, 1.82) is 0 Å². The van der Waals surface area contributed by atoms with Crippen LogP contribution in [0, 0.1) is 17.0 Å². The molecule has 0 spiro atoms. The first kappa shape index (κ1) is 13.9. The fraction of sp³-hybridized carbons (Fsp3) is 0.111. The fourth-order valence-corrected chi connectivity index (χ4v) is 3.61. The largest absolute Gasteiger partial charge is 0.333 e. The summed E-state index contributed by atoms with van der Waals surface area (Å²) in [4.78, 5) is 10.9. The topological polar surface area (TPSA) is 78.8 Å². The molecule has 0 saturated carbocycles. The summed E-state index contributed by atoms with van der Waals surface area (Å²) >= 11 is 0. The molecule has 0 N–H and O–H groups in total. The minimum absolute atomic E-state index is 0.0738. The highest BCUT2D eigenvalue weighted by molar-refractivity contribution is 5.89. The van der Waals surface area contributed by atoms with E-state index in [2.05, 4.69) is 26.9 Å². The summed E-state index contributed by atoms with van der Waals surface area (Å²) in [5, 5.41) is 20.9. The number of hydrogen-bond donors (Lipinski definition) is 0. The van der Waals surface area contributed by atoms with E-state index < -0.39 is 0 Å². The molecule has 0 aliphatic carbocycles. The van der Waals surface area contributed by atoms with Crippen molar-refractivity contribution < 1.29 is 4.92 Å². The predicted octanol–water partition coefficient (Wildman–Crippen LogP) is 3.47. The van der Waals surface area contributed by atoms with E-state index in [4.69, 9.17) is 0 Å². The number of nitro benzene ring substituents is 1. The van der Waals surface area contributed by atoms with Crippen molar-refractivity contribution in [1.82, 2.24) is 19.3 Å². The van der Waals surface area contributed by atoms with Crippen molar-refractivity contribution in [2.75, 3.05) is 0 Å². The highest BCUT2D eigenvalue weighted by Crippen LogP contribution is 2.38. The summed E-state index contributed by atoms with van der Waals surface area (Å²) in [5.41, 5.74) is 3.77. The van der Waals surface area contributed by atoms with Gasteiger partial charge in [-0.2, -0.15) is 0 Å². The fourth-order valence-electron chi connectivity index (χ4n) is 3.61. The van der Waals surface area contributed by atoms with Gasteiger partial charge in [0.1, 0.15) is 5.82 Å². The van der Waals surface area contributed by atoms with Crippen LogP contribution in [0.15, 0.2) is 48.5 Å². The Labute approximate surface area is 142 Å². The van der Waals surface area contributed by atoms with Crippen molar-refractivity contribution >= 4 is 16.6 Å². The van der Waals surface area contributed by atoms with Crippen LogP contribution in [-0.4, -0.2) is 24.3 Å². The number of fused-ring (bicyclic) bond motifs is 7. The predicted molar refractivity (Wildman–Crippen MR) is 92.8 cm³/mol. The molecule has 7 nitrogen and oxygen atoms in total. The van der Waals surface area contributed by atoms with Gasteiger partial charge < -0.3 is 4.57 Å². The van der Waals surface area contributed by atoms with Gasteiger partial charge in [0, 0.05) is 28.6 Å². The number of nitro groups is 1. The van der Waals surface area contributed by atoms with Gasteiger partial charge in [0.2, 0.25) is 0 Å². The van der Waals surface area contributed by atoms with Crippen LogP contribution in [0.1, 0.15) is 11.6 Å². The van der Waals surface area contributed by atoms with Crippen molar-refractivity contribution in [3.63, 3.8) is 0 Å². The van der Waals surface area contributed by atoms with Gasteiger partial charge in [0.15, 0.2) is 5.82 Å².